The van der Waals surface area contributed by atoms with Gasteiger partial charge in [-0.25, -0.2) is 0 Å². The van der Waals surface area contributed by atoms with Gasteiger partial charge in [-0.15, -0.1) is 0 Å². The van der Waals surface area contributed by atoms with Crippen molar-refractivity contribution in [2.24, 2.45) is 0 Å². The van der Waals surface area contributed by atoms with Crippen LogP contribution in [0.1, 0.15) is 65.8 Å². The first-order chi connectivity index (χ1) is 16.4. The molecule has 166 valence electrons. The van der Waals surface area contributed by atoms with E-state index in [1.165, 1.54) is 0 Å². The number of aliphatic hydroxyl groups excluding tert-OH is 1. The Morgan fingerprint density at radius 2 is 1.44 bits per heavy atom. The van der Waals surface area contributed by atoms with Crippen LogP contribution >= 0.6 is 0 Å². The third-order valence-electron chi connectivity index (χ3n) is 7.12. The molecule has 4 aromatic rings. The van der Waals surface area contributed by atoms with Gasteiger partial charge in [0.15, 0.2) is 11.6 Å². The van der Waals surface area contributed by atoms with Gasteiger partial charge < -0.3 is 16.6 Å². The molecule has 2 aliphatic rings. The van der Waals surface area contributed by atoms with Crippen molar-refractivity contribution >= 4 is 22.9 Å². The number of nitrogen functional groups attached to an aromatic ring is 2. The highest BCUT2D eigenvalue weighted by atomic mass is 16.3. The van der Waals surface area contributed by atoms with Crippen LogP contribution in [-0.4, -0.2) is 16.7 Å². The number of ketones is 2. The summed E-state index contributed by atoms with van der Waals surface area (Å²) in [6, 6.07) is 20.1. The normalized spacial score (nSPS) is 15.9. The van der Waals surface area contributed by atoms with Gasteiger partial charge in [-0.05, 0) is 58.9 Å². The summed E-state index contributed by atoms with van der Waals surface area (Å²) in [6.45, 7) is 1.84. The van der Waals surface area contributed by atoms with E-state index < -0.39 is 6.10 Å². The summed E-state index contributed by atoms with van der Waals surface area (Å²) >= 11 is 0. The minimum Gasteiger partial charge on any atom is -0.398 e. The molecule has 5 N–H and O–H groups in total. The lowest BCUT2D eigenvalue weighted by atomic mass is 9.75. The van der Waals surface area contributed by atoms with Crippen LogP contribution in [0.15, 0.2) is 66.7 Å². The molecule has 0 aromatic heterocycles. The molecule has 5 heteroatoms. The number of hydrogen-bond acceptors (Lipinski definition) is 5. The van der Waals surface area contributed by atoms with Gasteiger partial charge in [-0.1, -0.05) is 54.6 Å². The molecule has 1 atom stereocenters. The maximum atomic E-state index is 13.7. The minimum atomic E-state index is -0.872. The Morgan fingerprint density at radius 3 is 2.18 bits per heavy atom. The maximum Gasteiger partial charge on any atom is 0.196 e. The first kappa shape index (κ1) is 20.4. The lowest BCUT2D eigenvalue weighted by Crippen LogP contribution is -2.24. The van der Waals surface area contributed by atoms with E-state index >= 15 is 0 Å². The van der Waals surface area contributed by atoms with Crippen molar-refractivity contribution in [3.8, 4) is 11.1 Å². The van der Waals surface area contributed by atoms with Crippen LogP contribution in [0, 0.1) is 6.92 Å². The maximum absolute atomic E-state index is 13.7. The number of aliphatic hydroxyl groups is 1. The zero-order valence-electron chi connectivity index (χ0n) is 18.6. The summed E-state index contributed by atoms with van der Waals surface area (Å²) in [7, 11) is 0. The highest BCUT2D eigenvalue weighted by Gasteiger charge is 2.36. The van der Waals surface area contributed by atoms with Crippen molar-refractivity contribution in [2.75, 3.05) is 11.5 Å². The fourth-order valence-electron chi connectivity index (χ4n) is 5.42. The summed E-state index contributed by atoms with van der Waals surface area (Å²) < 4.78 is 0. The monoisotopic (exact) mass is 446 g/mol. The van der Waals surface area contributed by atoms with Crippen LogP contribution in [0.25, 0.3) is 11.1 Å². The number of anilines is 2. The van der Waals surface area contributed by atoms with Gasteiger partial charge in [0, 0.05) is 33.6 Å². The Bertz CT molecular complexity index is 1570. The fraction of sp³-hybridized carbons (Fsp3) is 0.103. The number of carbonyl (C=O) groups is 2. The van der Waals surface area contributed by atoms with Gasteiger partial charge >= 0.3 is 0 Å². The van der Waals surface area contributed by atoms with E-state index in [9.17, 15) is 14.7 Å². The van der Waals surface area contributed by atoms with Gasteiger partial charge in [0.05, 0.1) is 5.56 Å². The molecule has 0 radical (unpaired) electrons. The zero-order valence-corrected chi connectivity index (χ0v) is 18.6. The predicted octanol–water partition coefficient (Wildman–Crippen LogP) is 4.59. The van der Waals surface area contributed by atoms with E-state index in [1.54, 1.807) is 30.3 Å². The van der Waals surface area contributed by atoms with E-state index in [-0.39, 0.29) is 17.1 Å². The van der Waals surface area contributed by atoms with Gasteiger partial charge in [-0.2, -0.15) is 0 Å². The van der Waals surface area contributed by atoms with Gasteiger partial charge in [0.1, 0.15) is 6.10 Å². The number of nitrogens with two attached hydrogens (primary N) is 2. The first-order valence-electron chi connectivity index (χ1n) is 11.2. The standard InChI is InChI=1S/C29H22N2O3/c1-14-12-20(24-25(26(14)31)29(34)19-9-5-4-8-18(19)28(24)33)17-10-11-22(30)23-21(17)13-15-6-2-3-7-16(15)27(23)32/h2-12,27,32H,13,30-31H2,1H3. The van der Waals surface area contributed by atoms with Crippen LogP contribution in [0.2, 0.25) is 0 Å². The third-order valence-corrected chi connectivity index (χ3v) is 7.12. The molecule has 0 bridgehead atoms. The second-order valence-corrected chi connectivity index (χ2v) is 8.98. The average Bonchev–Trinajstić information content (AvgIpc) is 2.84. The smallest absolute Gasteiger partial charge is 0.196 e. The van der Waals surface area contributed by atoms with Crippen molar-refractivity contribution in [3.63, 3.8) is 0 Å². The van der Waals surface area contributed by atoms with Crippen LogP contribution < -0.4 is 11.5 Å². The Hall–Kier alpha value is -4.22. The molecule has 6 rings (SSSR count). The number of carbonyl (C=O) groups excluding carboxylic acids is 2. The van der Waals surface area contributed by atoms with Gasteiger partial charge in [0.25, 0.3) is 0 Å². The Kier molecular flexibility index (Phi) is 4.28. The van der Waals surface area contributed by atoms with E-state index in [0.29, 0.717) is 45.6 Å². The molecule has 0 spiro atoms. The molecule has 0 saturated heterocycles. The molecule has 34 heavy (non-hydrogen) atoms. The number of rotatable bonds is 1. The number of fused-ring (bicyclic) bond motifs is 4. The largest absolute Gasteiger partial charge is 0.398 e. The summed E-state index contributed by atoms with van der Waals surface area (Å²) in [4.78, 5) is 27.2. The zero-order chi connectivity index (χ0) is 23.7. The average molecular weight is 447 g/mol. The topological polar surface area (TPSA) is 106 Å². The molecule has 2 aliphatic carbocycles. The summed E-state index contributed by atoms with van der Waals surface area (Å²) in [5.41, 5.74) is 20.3. The minimum absolute atomic E-state index is 0.228. The van der Waals surface area contributed by atoms with Crippen molar-refractivity contribution in [3.05, 3.63) is 117 Å². The molecule has 5 nitrogen and oxygen atoms in total. The SMILES string of the molecule is Cc1cc(-c2ccc(N)c3c2Cc2ccccc2C3O)c2c(c1N)C(=O)c1ccccc1C2=O. The van der Waals surface area contributed by atoms with Crippen LogP contribution in [-0.2, 0) is 6.42 Å². The fourth-order valence-corrected chi connectivity index (χ4v) is 5.42. The number of aryl methyl sites for hydroxylation is 1. The van der Waals surface area contributed by atoms with Crippen molar-refractivity contribution < 1.29 is 14.7 Å². The lowest BCUT2D eigenvalue weighted by Gasteiger charge is -2.30. The van der Waals surface area contributed by atoms with E-state index in [2.05, 4.69) is 0 Å². The van der Waals surface area contributed by atoms with E-state index in [0.717, 1.165) is 27.8 Å². The molecule has 0 aliphatic heterocycles. The molecule has 0 fully saturated rings. The second kappa shape index (κ2) is 7.14. The Labute approximate surface area is 196 Å². The highest BCUT2D eigenvalue weighted by molar-refractivity contribution is 6.32. The lowest BCUT2D eigenvalue weighted by molar-refractivity contribution is 0.0980. The summed E-state index contributed by atoms with van der Waals surface area (Å²) in [5, 5.41) is 11.2. The highest BCUT2D eigenvalue weighted by Crippen LogP contribution is 2.45. The van der Waals surface area contributed by atoms with E-state index in [4.69, 9.17) is 11.5 Å². The van der Waals surface area contributed by atoms with Crippen LogP contribution in [0.4, 0.5) is 11.4 Å². The van der Waals surface area contributed by atoms with Crippen molar-refractivity contribution in [2.45, 2.75) is 19.4 Å². The summed E-state index contributed by atoms with van der Waals surface area (Å²) in [6.07, 6.45) is -0.316. The second-order valence-electron chi connectivity index (χ2n) is 8.98. The van der Waals surface area contributed by atoms with E-state index in [1.807, 2.05) is 43.3 Å². The molecule has 0 amide bonds. The number of benzene rings is 4. The molecule has 0 saturated carbocycles. The van der Waals surface area contributed by atoms with Crippen molar-refractivity contribution in [1.29, 1.82) is 0 Å². The molecule has 0 heterocycles. The molecule has 1 unspecified atom stereocenters. The number of hydrogen-bond donors (Lipinski definition) is 3. The third kappa shape index (κ3) is 2.65. The molecule has 4 aromatic carbocycles. The Balaban J connectivity index is 1.66. The quantitative estimate of drug-likeness (QED) is 0.327. The Morgan fingerprint density at radius 1 is 0.794 bits per heavy atom. The van der Waals surface area contributed by atoms with Gasteiger partial charge in [-0.3, -0.25) is 9.59 Å². The molecular formula is C29H22N2O3. The van der Waals surface area contributed by atoms with Crippen LogP contribution in [0.5, 0.6) is 0 Å². The van der Waals surface area contributed by atoms with Gasteiger partial charge in [0.2, 0.25) is 0 Å². The molecular weight excluding hydrogens is 424 g/mol. The first-order valence-corrected chi connectivity index (χ1v) is 11.2. The summed E-state index contributed by atoms with van der Waals surface area (Å²) in [5.74, 6) is -0.475. The van der Waals surface area contributed by atoms with Crippen LogP contribution in [0.3, 0.4) is 0 Å². The predicted molar refractivity (Wildman–Crippen MR) is 132 cm³/mol. The van der Waals surface area contributed by atoms with Crippen molar-refractivity contribution in [1.82, 2.24) is 0 Å².